The van der Waals surface area contributed by atoms with Gasteiger partial charge in [-0.1, -0.05) is 12.1 Å². The number of hydrogen-bond acceptors (Lipinski definition) is 4. The van der Waals surface area contributed by atoms with Crippen LogP contribution in [0.25, 0.3) is 0 Å². The van der Waals surface area contributed by atoms with Crippen molar-refractivity contribution >= 4 is 17.6 Å². The summed E-state index contributed by atoms with van der Waals surface area (Å²) in [6, 6.07) is 9.41. The van der Waals surface area contributed by atoms with Crippen LogP contribution in [0.1, 0.15) is 25.3 Å². The van der Waals surface area contributed by atoms with Gasteiger partial charge in [-0.15, -0.1) is 0 Å². The van der Waals surface area contributed by atoms with Crippen molar-refractivity contribution in [1.82, 2.24) is 0 Å². The second-order valence-electron chi connectivity index (χ2n) is 6.03. The second kappa shape index (κ2) is 9.04. The van der Waals surface area contributed by atoms with Gasteiger partial charge in [0.25, 0.3) is 5.91 Å². The number of likely N-dealkylation sites (tertiary alicyclic amines) is 1. The zero-order valence-corrected chi connectivity index (χ0v) is 14.0. The molecule has 0 unspecified atom stereocenters. The van der Waals surface area contributed by atoms with E-state index in [0.29, 0.717) is 19.6 Å². The van der Waals surface area contributed by atoms with Crippen LogP contribution in [0.4, 0.5) is 5.69 Å². The summed E-state index contributed by atoms with van der Waals surface area (Å²) in [6.07, 6.45) is 1.91. The van der Waals surface area contributed by atoms with E-state index < -0.39 is 0 Å². The topological polar surface area (TPSA) is 83.6 Å². The van der Waals surface area contributed by atoms with Crippen LogP contribution < -0.4 is 10.2 Å². The number of benzene rings is 1. The Hall–Kier alpha value is -2.39. The van der Waals surface area contributed by atoms with Gasteiger partial charge in [-0.3, -0.25) is 9.59 Å². The standard InChI is InChI=1S/C18H23N3O3/c1-2-24-18(23)15-8-11-21(12-9-15)13-17(22)20-16-5-3-14(4-6-16)7-10-19/h3-6,15H,2,7-9,11-13H2,1H3,(H,20,22)/p+1. The van der Waals surface area contributed by atoms with Gasteiger partial charge in [-0.2, -0.15) is 5.26 Å². The van der Waals surface area contributed by atoms with Crippen LogP contribution in [0.2, 0.25) is 0 Å². The molecule has 0 aliphatic carbocycles. The number of amides is 1. The maximum Gasteiger partial charge on any atom is 0.309 e. The average Bonchev–Trinajstić information content (AvgIpc) is 2.58. The quantitative estimate of drug-likeness (QED) is 0.746. The summed E-state index contributed by atoms with van der Waals surface area (Å²) in [4.78, 5) is 25.0. The number of nitriles is 1. The molecule has 0 aromatic heterocycles. The maximum absolute atomic E-state index is 12.1. The third-order valence-electron chi connectivity index (χ3n) is 4.24. The number of carbonyl (C=O) groups is 2. The molecule has 0 saturated carbocycles. The molecule has 6 heteroatoms. The fourth-order valence-electron chi connectivity index (χ4n) is 2.93. The van der Waals surface area contributed by atoms with Crippen molar-refractivity contribution in [1.29, 1.82) is 5.26 Å². The summed E-state index contributed by atoms with van der Waals surface area (Å²) in [5, 5.41) is 11.5. The Bertz CT molecular complexity index is 599. The second-order valence-corrected chi connectivity index (χ2v) is 6.03. The molecule has 1 heterocycles. The third-order valence-corrected chi connectivity index (χ3v) is 4.24. The fourth-order valence-corrected chi connectivity index (χ4v) is 2.93. The number of quaternary nitrogens is 1. The summed E-state index contributed by atoms with van der Waals surface area (Å²) in [5.74, 6) is -0.171. The van der Waals surface area contributed by atoms with Crippen LogP contribution in [-0.2, 0) is 20.7 Å². The van der Waals surface area contributed by atoms with Crippen molar-refractivity contribution in [2.24, 2.45) is 5.92 Å². The summed E-state index contributed by atoms with van der Waals surface area (Å²) in [5.41, 5.74) is 1.67. The van der Waals surface area contributed by atoms with Crippen molar-refractivity contribution < 1.29 is 19.2 Å². The lowest BCUT2D eigenvalue weighted by molar-refractivity contribution is -0.897. The number of anilines is 1. The van der Waals surface area contributed by atoms with Gasteiger partial charge in [0.05, 0.1) is 38.1 Å². The minimum absolute atomic E-state index is 0.0237. The molecule has 0 bridgehead atoms. The fraction of sp³-hybridized carbons (Fsp3) is 0.500. The normalized spacial score (nSPS) is 20.0. The first-order valence-electron chi connectivity index (χ1n) is 8.38. The van der Waals surface area contributed by atoms with Gasteiger partial charge in [0.1, 0.15) is 0 Å². The van der Waals surface area contributed by atoms with Gasteiger partial charge in [-0.25, -0.2) is 0 Å². The molecule has 1 aromatic rings. The van der Waals surface area contributed by atoms with Gasteiger partial charge >= 0.3 is 5.97 Å². The molecule has 0 atom stereocenters. The first kappa shape index (κ1) is 18.0. The molecular formula is C18H24N3O3+. The molecule has 24 heavy (non-hydrogen) atoms. The van der Waals surface area contributed by atoms with E-state index in [1.807, 2.05) is 31.2 Å². The first-order chi connectivity index (χ1) is 11.6. The van der Waals surface area contributed by atoms with E-state index in [1.54, 1.807) is 0 Å². The molecule has 2 N–H and O–H groups in total. The van der Waals surface area contributed by atoms with E-state index in [2.05, 4.69) is 11.4 Å². The molecular weight excluding hydrogens is 306 g/mol. The molecule has 128 valence electrons. The lowest BCUT2D eigenvalue weighted by Gasteiger charge is -2.27. The zero-order valence-electron chi connectivity index (χ0n) is 14.0. The van der Waals surface area contributed by atoms with Gasteiger partial charge < -0.3 is 15.0 Å². The van der Waals surface area contributed by atoms with Crippen molar-refractivity contribution in [3.63, 3.8) is 0 Å². The maximum atomic E-state index is 12.1. The Balaban J connectivity index is 1.75. The van der Waals surface area contributed by atoms with Gasteiger partial charge in [-0.05, 0) is 24.6 Å². The molecule has 1 fully saturated rings. The molecule has 1 aliphatic rings. The Morgan fingerprint density at radius 3 is 2.54 bits per heavy atom. The van der Waals surface area contributed by atoms with E-state index in [9.17, 15) is 9.59 Å². The predicted octanol–water partition coefficient (Wildman–Crippen LogP) is 0.549. The first-order valence-corrected chi connectivity index (χ1v) is 8.38. The Morgan fingerprint density at radius 1 is 1.29 bits per heavy atom. The van der Waals surface area contributed by atoms with Crippen LogP contribution in [0.15, 0.2) is 24.3 Å². The van der Waals surface area contributed by atoms with E-state index in [0.717, 1.165) is 37.2 Å². The van der Waals surface area contributed by atoms with Crippen LogP contribution in [0.3, 0.4) is 0 Å². The number of carbonyl (C=O) groups excluding carboxylic acids is 2. The SMILES string of the molecule is CCOC(=O)C1CC[NH+](CC(=O)Nc2ccc(CC#N)cc2)CC1. The van der Waals surface area contributed by atoms with E-state index in [-0.39, 0.29) is 17.8 Å². The highest BCUT2D eigenvalue weighted by atomic mass is 16.5. The average molecular weight is 330 g/mol. The van der Waals surface area contributed by atoms with Crippen molar-refractivity contribution in [2.45, 2.75) is 26.2 Å². The molecule has 2 rings (SSSR count). The minimum atomic E-state index is -0.113. The Kier molecular flexibility index (Phi) is 6.76. The number of nitrogens with zero attached hydrogens (tertiary/aromatic N) is 1. The number of esters is 1. The van der Waals surface area contributed by atoms with Crippen molar-refractivity contribution in [2.75, 3.05) is 31.6 Å². The lowest BCUT2D eigenvalue weighted by atomic mass is 9.97. The number of hydrogen-bond donors (Lipinski definition) is 2. The van der Waals surface area contributed by atoms with Crippen LogP contribution in [0, 0.1) is 17.2 Å². The molecule has 1 saturated heterocycles. The molecule has 0 radical (unpaired) electrons. The highest BCUT2D eigenvalue weighted by Gasteiger charge is 2.29. The van der Waals surface area contributed by atoms with E-state index >= 15 is 0 Å². The molecule has 1 aliphatic heterocycles. The Labute approximate surface area is 142 Å². The van der Waals surface area contributed by atoms with Crippen molar-refractivity contribution in [3.05, 3.63) is 29.8 Å². The summed E-state index contributed by atoms with van der Waals surface area (Å²) >= 11 is 0. The number of rotatable bonds is 6. The van der Waals surface area contributed by atoms with Crippen LogP contribution in [0.5, 0.6) is 0 Å². The van der Waals surface area contributed by atoms with Crippen LogP contribution in [-0.4, -0.2) is 38.1 Å². The summed E-state index contributed by atoms with van der Waals surface area (Å²) in [6.45, 7) is 4.24. The minimum Gasteiger partial charge on any atom is -0.466 e. The number of piperidine rings is 1. The number of ether oxygens (including phenoxy) is 1. The summed E-state index contributed by atoms with van der Waals surface area (Å²) < 4.78 is 5.06. The van der Waals surface area contributed by atoms with Crippen molar-refractivity contribution in [3.8, 4) is 6.07 Å². The third kappa shape index (κ3) is 5.36. The lowest BCUT2D eigenvalue weighted by Crippen LogP contribution is -3.14. The van der Waals surface area contributed by atoms with Gasteiger partial charge in [0.15, 0.2) is 6.54 Å². The predicted molar refractivity (Wildman–Crippen MR) is 89.3 cm³/mol. The summed E-state index contributed by atoms with van der Waals surface area (Å²) in [7, 11) is 0. The molecule has 0 spiro atoms. The molecule has 6 nitrogen and oxygen atoms in total. The molecule has 1 aromatic carbocycles. The smallest absolute Gasteiger partial charge is 0.309 e. The largest absolute Gasteiger partial charge is 0.466 e. The Morgan fingerprint density at radius 2 is 1.96 bits per heavy atom. The highest BCUT2D eigenvalue weighted by molar-refractivity contribution is 5.91. The zero-order chi connectivity index (χ0) is 17.4. The van der Waals surface area contributed by atoms with E-state index in [1.165, 1.54) is 4.90 Å². The van der Waals surface area contributed by atoms with Gasteiger partial charge in [0, 0.05) is 18.5 Å². The van der Waals surface area contributed by atoms with Gasteiger partial charge in [0.2, 0.25) is 0 Å². The van der Waals surface area contributed by atoms with Crippen LogP contribution >= 0.6 is 0 Å². The van der Waals surface area contributed by atoms with E-state index in [4.69, 9.17) is 10.00 Å². The number of nitrogens with one attached hydrogen (secondary N) is 2. The molecule has 1 amide bonds. The highest BCUT2D eigenvalue weighted by Crippen LogP contribution is 2.12. The monoisotopic (exact) mass is 330 g/mol.